The normalized spacial score (nSPS) is 19.7. The molecule has 0 N–H and O–H groups in total. The quantitative estimate of drug-likeness (QED) is 0.0734. The van der Waals surface area contributed by atoms with E-state index in [2.05, 4.69) is 0 Å². The van der Waals surface area contributed by atoms with Crippen LogP contribution in [0, 0.1) is 22.0 Å². The number of carbonyl (C=O) groups is 4. The zero-order chi connectivity index (χ0) is 34.7. The van der Waals surface area contributed by atoms with E-state index >= 15 is 0 Å². The molecule has 0 unspecified atom stereocenters. The van der Waals surface area contributed by atoms with Gasteiger partial charge in [0.2, 0.25) is 0 Å². The highest BCUT2D eigenvalue weighted by Gasteiger charge is 2.63. The molecule has 3 amide bonds. The van der Waals surface area contributed by atoms with Gasteiger partial charge in [-0.2, -0.15) is 5.01 Å². The lowest BCUT2D eigenvalue weighted by Gasteiger charge is -2.45. The van der Waals surface area contributed by atoms with Crippen LogP contribution in [0.5, 0.6) is 11.5 Å². The molecule has 1 fully saturated rings. The number of amides is 3. The molecule has 0 radical (unpaired) electrons. The highest BCUT2D eigenvalue weighted by molar-refractivity contribution is 6.30. The Morgan fingerprint density at radius 1 is 0.680 bits per heavy atom. The molecule has 4 aliphatic rings. The summed E-state index contributed by atoms with van der Waals surface area (Å²) in [4.78, 5) is 67.5. The summed E-state index contributed by atoms with van der Waals surface area (Å²) in [5, 5.41) is 13.2. The topological polar surface area (TPSA) is 127 Å². The number of hydrogen-bond acceptors (Lipinski definition) is 7. The summed E-state index contributed by atoms with van der Waals surface area (Å²) >= 11 is 6.09. The van der Waals surface area contributed by atoms with Gasteiger partial charge in [0.05, 0.1) is 16.8 Å². The molecule has 1 heterocycles. The second-order valence-electron chi connectivity index (χ2n) is 12.4. The monoisotopic (exact) mass is 683 g/mol. The number of hydrogen-bond donors (Lipinski definition) is 0. The van der Waals surface area contributed by atoms with Crippen molar-refractivity contribution in [2.45, 2.75) is 11.8 Å². The standard InChI is InChI=1S/C39H26ClN3O7/c40-24-13-9-23(10-14-24)37(45)41(21-32(44)22-11-17-26(18-12-22)50-27-19-15-25(16-20-27)43(48)49)42-38(46)35-33-28-5-1-2-6-29(28)34(36(35)39(42)47)31-8-4-3-7-30(31)33/h1-20,33-36H,21H2/t33?,34?,35-,36+. The Bertz CT molecular complexity index is 2100. The predicted molar refractivity (Wildman–Crippen MR) is 182 cm³/mol. The van der Waals surface area contributed by atoms with Crippen LogP contribution < -0.4 is 4.74 Å². The van der Waals surface area contributed by atoms with Crippen molar-refractivity contribution in [2.24, 2.45) is 11.8 Å². The van der Waals surface area contributed by atoms with Gasteiger partial charge in [-0.25, -0.2) is 5.01 Å². The third kappa shape index (κ3) is 5.03. The third-order valence-corrected chi connectivity index (χ3v) is 10.00. The number of Topliss-reactive ketones (excluding diaryl/α,β-unsaturated/α-hetero) is 1. The lowest BCUT2D eigenvalue weighted by Crippen LogP contribution is -2.52. The van der Waals surface area contributed by atoms with Gasteiger partial charge in [0.25, 0.3) is 23.4 Å². The fourth-order valence-electron chi connectivity index (χ4n) is 7.58. The molecule has 50 heavy (non-hydrogen) atoms. The van der Waals surface area contributed by atoms with Crippen molar-refractivity contribution in [3.8, 4) is 11.5 Å². The van der Waals surface area contributed by atoms with Crippen molar-refractivity contribution in [1.29, 1.82) is 0 Å². The highest BCUT2D eigenvalue weighted by Crippen LogP contribution is 2.61. The fraction of sp³-hybridized carbons (Fsp3) is 0.128. The van der Waals surface area contributed by atoms with E-state index in [0.29, 0.717) is 16.5 Å². The van der Waals surface area contributed by atoms with E-state index in [0.717, 1.165) is 32.3 Å². The SMILES string of the molecule is O=C(CN(C(=O)c1ccc(Cl)cc1)N1C(=O)[C@@H]2C3c4ccccc4C(c4ccccc43)[C@@H]2C1=O)c1ccc(Oc2ccc([N+](=O)[O-])cc2)cc1. The second-order valence-corrected chi connectivity index (χ2v) is 12.9. The summed E-state index contributed by atoms with van der Waals surface area (Å²) in [6.45, 7) is -0.587. The molecule has 10 nitrogen and oxygen atoms in total. The molecule has 0 aromatic heterocycles. The van der Waals surface area contributed by atoms with Gasteiger partial charge < -0.3 is 4.74 Å². The van der Waals surface area contributed by atoms with E-state index in [4.69, 9.17) is 16.3 Å². The van der Waals surface area contributed by atoms with E-state index in [1.165, 1.54) is 60.7 Å². The largest absolute Gasteiger partial charge is 0.457 e. The Kier molecular flexibility index (Phi) is 7.53. The maximum absolute atomic E-state index is 14.5. The first-order valence-corrected chi connectivity index (χ1v) is 16.3. The average Bonchev–Trinajstić information content (AvgIpc) is 3.40. The minimum absolute atomic E-state index is 0.0769. The lowest BCUT2D eigenvalue weighted by atomic mass is 9.55. The van der Waals surface area contributed by atoms with Crippen LogP contribution in [0.4, 0.5) is 5.69 Å². The summed E-state index contributed by atoms with van der Waals surface area (Å²) in [5.74, 6) is -3.80. The van der Waals surface area contributed by atoms with Gasteiger partial charge in [-0.05, 0) is 82.9 Å². The summed E-state index contributed by atoms with van der Waals surface area (Å²) in [6.07, 6.45) is 0. The summed E-state index contributed by atoms with van der Waals surface area (Å²) in [7, 11) is 0. The number of hydrazine groups is 1. The van der Waals surface area contributed by atoms with Gasteiger partial charge in [0.1, 0.15) is 18.0 Å². The fourth-order valence-corrected chi connectivity index (χ4v) is 7.71. The molecule has 0 saturated carbocycles. The number of benzene rings is 5. The van der Waals surface area contributed by atoms with Gasteiger partial charge in [-0.15, -0.1) is 0 Å². The first-order valence-electron chi connectivity index (χ1n) is 15.9. The maximum Gasteiger partial charge on any atom is 0.273 e. The molecule has 5 aromatic rings. The van der Waals surface area contributed by atoms with Crippen molar-refractivity contribution >= 4 is 40.8 Å². The molecule has 5 aromatic carbocycles. The minimum Gasteiger partial charge on any atom is -0.457 e. The number of imide groups is 1. The molecule has 246 valence electrons. The predicted octanol–water partition coefficient (Wildman–Crippen LogP) is 7.17. The Balaban J connectivity index is 1.11. The molecule has 9 rings (SSSR count). The number of nitrogens with zero attached hydrogens (tertiary/aromatic N) is 3. The van der Waals surface area contributed by atoms with Crippen LogP contribution in [0.1, 0.15) is 54.8 Å². The summed E-state index contributed by atoms with van der Waals surface area (Å²) < 4.78 is 5.77. The molecule has 0 spiro atoms. The smallest absolute Gasteiger partial charge is 0.273 e. The molecule has 2 atom stereocenters. The Morgan fingerprint density at radius 2 is 1.12 bits per heavy atom. The highest BCUT2D eigenvalue weighted by atomic mass is 35.5. The number of ketones is 1. The number of halogens is 1. The van der Waals surface area contributed by atoms with Crippen molar-refractivity contribution in [2.75, 3.05) is 6.54 Å². The Labute approximate surface area is 290 Å². The van der Waals surface area contributed by atoms with Gasteiger partial charge in [-0.1, -0.05) is 60.1 Å². The number of rotatable bonds is 8. The van der Waals surface area contributed by atoms with E-state index in [1.807, 2.05) is 48.5 Å². The number of nitro groups is 1. The van der Waals surface area contributed by atoms with Crippen LogP contribution in [-0.2, 0) is 9.59 Å². The van der Waals surface area contributed by atoms with Gasteiger partial charge in [-0.3, -0.25) is 29.3 Å². The number of non-ortho nitro benzene ring substituents is 1. The molecule has 1 aliphatic heterocycles. The van der Waals surface area contributed by atoms with E-state index < -0.39 is 46.8 Å². The molecular formula is C39H26ClN3O7. The van der Waals surface area contributed by atoms with Crippen molar-refractivity contribution in [3.63, 3.8) is 0 Å². The molecular weight excluding hydrogens is 658 g/mol. The van der Waals surface area contributed by atoms with Crippen LogP contribution in [0.15, 0.2) is 121 Å². The van der Waals surface area contributed by atoms with Gasteiger partial charge in [0.15, 0.2) is 5.78 Å². The van der Waals surface area contributed by atoms with Gasteiger partial charge in [0, 0.05) is 40.1 Å². The van der Waals surface area contributed by atoms with Crippen molar-refractivity contribution in [3.05, 3.63) is 170 Å². The molecule has 1 saturated heterocycles. The van der Waals surface area contributed by atoms with E-state index in [9.17, 15) is 29.3 Å². The number of ether oxygens (including phenoxy) is 1. The maximum atomic E-state index is 14.5. The van der Waals surface area contributed by atoms with Crippen molar-refractivity contribution < 1.29 is 28.8 Å². The molecule has 3 aliphatic carbocycles. The van der Waals surface area contributed by atoms with Crippen molar-refractivity contribution in [1.82, 2.24) is 10.0 Å². The molecule has 11 heteroatoms. The zero-order valence-electron chi connectivity index (χ0n) is 26.1. The third-order valence-electron chi connectivity index (χ3n) is 9.75. The Hall–Kier alpha value is -6.13. The summed E-state index contributed by atoms with van der Waals surface area (Å²) in [6, 6.07) is 33.4. The van der Waals surface area contributed by atoms with Gasteiger partial charge >= 0.3 is 0 Å². The first-order chi connectivity index (χ1) is 24.2. The molecule has 2 bridgehead atoms. The van der Waals surface area contributed by atoms with Crippen LogP contribution in [0.3, 0.4) is 0 Å². The zero-order valence-corrected chi connectivity index (χ0v) is 26.9. The number of carbonyl (C=O) groups excluding carboxylic acids is 4. The Morgan fingerprint density at radius 3 is 1.58 bits per heavy atom. The minimum atomic E-state index is -0.747. The first kappa shape index (κ1) is 31.2. The lowest BCUT2D eigenvalue weighted by molar-refractivity contribution is -0.384. The van der Waals surface area contributed by atoms with Crippen LogP contribution >= 0.6 is 11.6 Å². The van der Waals surface area contributed by atoms with E-state index in [1.54, 1.807) is 12.1 Å². The average molecular weight is 684 g/mol. The van der Waals surface area contributed by atoms with Crippen LogP contribution in [0.25, 0.3) is 0 Å². The number of nitro benzene ring substituents is 1. The van der Waals surface area contributed by atoms with E-state index in [-0.39, 0.29) is 28.7 Å². The van der Waals surface area contributed by atoms with Crippen LogP contribution in [-0.4, -0.2) is 45.0 Å². The second kappa shape index (κ2) is 12.1. The summed E-state index contributed by atoms with van der Waals surface area (Å²) in [5.41, 5.74) is 4.25. The van der Waals surface area contributed by atoms with Crippen LogP contribution in [0.2, 0.25) is 5.02 Å².